The molecule has 5 heteroatoms. The molecule has 0 saturated carbocycles. The second kappa shape index (κ2) is 3.39. The van der Waals surface area contributed by atoms with Crippen LogP contribution >= 0.6 is 23.1 Å². The molecule has 0 aliphatic carbocycles. The highest BCUT2D eigenvalue weighted by atomic mass is 32.2. The lowest BCUT2D eigenvalue weighted by Gasteiger charge is -2.11. The number of fused-ring (bicyclic) bond motifs is 1. The zero-order chi connectivity index (χ0) is 10.3. The molecule has 0 atom stereocenters. The zero-order valence-electron chi connectivity index (χ0n) is 8.87. The quantitative estimate of drug-likeness (QED) is 0.595. The largest absolute Gasteiger partial charge is 0.296 e. The van der Waals surface area contributed by atoms with Gasteiger partial charge in [-0.05, 0) is 6.26 Å². The Hall–Kier alpha value is -0.263. The van der Waals surface area contributed by atoms with Gasteiger partial charge in [0.05, 0.1) is 8.07 Å². The van der Waals surface area contributed by atoms with Crippen LogP contribution in [0.3, 0.4) is 0 Å². The summed E-state index contributed by atoms with van der Waals surface area (Å²) in [4.78, 5) is 5.65. The Balaban J connectivity index is 2.58. The molecule has 2 aromatic rings. The summed E-state index contributed by atoms with van der Waals surface area (Å²) in [6, 6.07) is 0. The summed E-state index contributed by atoms with van der Waals surface area (Å²) in [5.74, 6) is 0. The minimum absolute atomic E-state index is 1.15. The number of thiazole rings is 1. The average molecular weight is 242 g/mol. The van der Waals surface area contributed by atoms with E-state index in [4.69, 9.17) is 0 Å². The molecule has 0 N–H and O–H groups in total. The van der Waals surface area contributed by atoms with Gasteiger partial charge in [-0.1, -0.05) is 19.6 Å². The zero-order valence-corrected chi connectivity index (χ0v) is 11.5. The first-order chi connectivity index (χ1) is 6.52. The maximum atomic E-state index is 4.35. The summed E-state index contributed by atoms with van der Waals surface area (Å²) in [5.41, 5.74) is 0. The second-order valence-corrected chi connectivity index (χ2v) is 11.5. The minimum Gasteiger partial charge on any atom is -0.296 e. The Labute approximate surface area is 93.4 Å². The molecule has 0 unspecified atom stereocenters. The molecule has 0 bridgehead atoms. The van der Waals surface area contributed by atoms with Gasteiger partial charge < -0.3 is 0 Å². The Kier molecular flexibility index (Phi) is 2.49. The van der Waals surface area contributed by atoms with E-state index in [9.17, 15) is 0 Å². The minimum atomic E-state index is -1.16. The highest BCUT2D eigenvalue weighted by Crippen LogP contribution is 2.24. The summed E-state index contributed by atoms with van der Waals surface area (Å²) in [6.07, 6.45) is 6.25. The number of rotatable bonds is 2. The molecule has 2 aromatic heterocycles. The lowest BCUT2D eigenvalue weighted by Crippen LogP contribution is -2.35. The Morgan fingerprint density at radius 3 is 2.71 bits per heavy atom. The van der Waals surface area contributed by atoms with Crippen molar-refractivity contribution < 1.29 is 0 Å². The van der Waals surface area contributed by atoms with Gasteiger partial charge in [0.1, 0.15) is 16.2 Å². The molecule has 0 amide bonds. The molecule has 2 heterocycles. The maximum absolute atomic E-state index is 4.35. The third-order valence-electron chi connectivity index (χ3n) is 2.11. The van der Waals surface area contributed by atoms with Gasteiger partial charge in [0.2, 0.25) is 0 Å². The molecule has 0 saturated heterocycles. The lowest BCUT2D eigenvalue weighted by molar-refractivity contribution is 1.16. The van der Waals surface area contributed by atoms with Gasteiger partial charge in [0, 0.05) is 10.7 Å². The average Bonchev–Trinajstić information content (AvgIpc) is 2.58. The molecule has 0 aliphatic rings. The number of imidazole rings is 1. The van der Waals surface area contributed by atoms with Crippen molar-refractivity contribution in [3.63, 3.8) is 0 Å². The summed E-state index contributed by atoms with van der Waals surface area (Å²) in [5, 5.41) is 1.15. The van der Waals surface area contributed by atoms with Gasteiger partial charge in [0.25, 0.3) is 0 Å². The molecule has 76 valence electrons. The number of hydrogen-bond acceptors (Lipinski definition) is 3. The number of thioether (sulfide) groups is 1. The van der Waals surface area contributed by atoms with Crippen LogP contribution in [0.4, 0.5) is 0 Å². The monoisotopic (exact) mass is 242 g/mol. The van der Waals surface area contributed by atoms with Crippen molar-refractivity contribution in [3.8, 4) is 0 Å². The van der Waals surface area contributed by atoms with Crippen LogP contribution in [0, 0.1) is 0 Å². The SMILES string of the molecule is CSc1ncn2cc([Si](C)(C)C)sc12. The molecule has 2 rings (SSSR count). The van der Waals surface area contributed by atoms with Crippen LogP contribution < -0.4 is 4.50 Å². The van der Waals surface area contributed by atoms with Crippen molar-refractivity contribution in [2.45, 2.75) is 24.7 Å². The second-order valence-electron chi connectivity index (χ2n) is 4.31. The van der Waals surface area contributed by atoms with Crippen LogP contribution in [-0.2, 0) is 0 Å². The fourth-order valence-electron chi connectivity index (χ4n) is 1.26. The van der Waals surface area contributed by atoms with E-state index in [0.717, 1.165) is 5.03 Å². The summed E-state index contributed by atoms with van der Waals surface area (Å²) >= 11 is 3.63. The fraction of sp³-hybridized carbons (Fsp3) is 0.444. The van der Waals surface area contributed by atoms with Crippen LogP contribution in [0.5, 0.6) is 0 Å². The topological polar surface area (TPSA) is 17.3 Å². The van der Waals surface area contributed by atoms with Crippen molar-refractivity contribution in [1.29, 1.82) is 0 Å². The van der Waals surface area contributed by atoms with Crippen molar-refractivity contribution in [1.82, 2.24) is 9.38 Å². The molecule has 14 heavy (non-hydrogen) atoms. The highest BCUT2D eigenvalue weighted by Gasteiger charge is 2.20. The van der Waals surface area contributed by atoms with Crippen LogP contribution in [0.2, 0.25) is 19.6 Å². The van der Waals surface area contributed by atoms with E-state index in [0.29, 0.717) is 0 Å². The van der Waals surface area contributed by atoms with E-state index in [-0.39, 0.29) is 0 Å². The molecule has 0 aromatic carbocycles. The predicted octanol–water partition coefficient (Wildman–Crippen LogP) is 2.66. The van der Waals surface area contributed by atoms with Crippen molar-refractivity contribution in [2.75, 3.05) is 6.26 Å². The molecule has 0 aliphatic heterocycles. The Morgan fingerprint density at radius 1 is 1.43 bits per heavy atom. The lowest BCUT2D eigenvalue weighted by atomic mass is 10.9. The van der Waals surface area contributed by atoms with Crippen molar-refractivity contribution in [2.24, 2.45) is 0 Å². The molecule has 0 radical (unpaired) electrons. The van der Waals surface area contributed by atoms with Gasteiger partial charge in [0.15, 0.2) is 0 Å². The van der Waals surface area contributed by atoms with E-state index in [1.807, 2.05) is 17.7 Å². The van der Waals surface area contributed by atoms with Gasteiger partial charge in [-0.25, -0.2) is 4.98 Å². The normalized spacial score (nSPS) is 12.6. The number of hydrogen-bond donors (Lipinski definition) is 0. The summed E-state index contributed by atoms with van der Waals surface area (Å²) in [6.45, 7) is 7.14. The molecular formula is C9H14N2S2Si. The van der Waals surface area contributed by atoms with Crippen molar-refractivity contribution >= 4 is 40.5 Å². The molecule has 0 spiro atoms. The number of aromatic nitrogens is 2. The molecule has 2 nitrogen and oxygen atoms in total. The van der Waals surface area contributed by atoms with Gasteiger partial charge in [-0.2, -0.15) is 0 Å². The third-order valence-corrected chi connectivity index (χ3v) is 7.60. The molecular weight excluding hydrogens is 228 g/mol. The first kappa shape index (κ1) is 10.3. The number of nitrogens with zero attached hydrogens (tertiary/aromatic N) is 2. The van der Waals surface area contributed by atoms with E-state index in [1.54, 1.807) is 16.3 Å². The summed E-state index contributed by atoms with van der Waals surface area (Å²) in [7, 11) is -1.16. The highest BCUT2D eigenvalue weighted by molar-refractivity contribution is 7.98. The summed E-state index contributed by atoms with van der Waals surface area (Å²) < 4.78 is 3.70. The standard InChI is InChI=1S/C9H14N2S2Si/c1-12-8-9-11(6-10-8)5-7(13-9)14(2,3)4/h5-6H,1-4H3. The van der Waals surface area contributed by atoms with E-state index >= 15 is 0 Å². The van der Waals surface area contributed by atoms with Crippen LogP contribution in [0.1, 0.15) is 0 Å². The fourth-order valence-corrected chi connectivity index (χ4v) is 4.83. The maximum Gasteiger partial charge on any atom is 0.133 e. The first-order valence-electron chi connectivity index (χ1n) is 4.53. The van der Waals surface area contributed by atoms with E-state index < -0.39 is 8.07 Å². The van der Waals surface area contributed by atoms with Gasteiger partial charge in [-0.3, -0.25) is 4.40 Å². The van der Waals surface area contributed by atoms with Crippen molar-refractivity contribution in [3.05, 3.63) is 12.5 Å². The predicted molar refractivity (Wildman–Crippen MR) is 67.8 cm³/mol. The smallest absolute Gasteiger partial charge is 0.133 e. The van der Waals surface area contributed by atoms with E-state index in [1.165, 1.54) is 4.83 Å². The Morgan fingerprint density at radius 2 is 2.14 bits per heavy atom. The molecule has 0 fully saturated rings. The van der Waals surface area contributed by atoms with Crippen LogP contribution in [0.15, 0.2) is 17.6 Å². The van der Waals surface area contributed by atoms with Crippen LogP contribution in [-0.4, -0.2) is 23.7 Å². The van der Waals surface area contributed by atoms with Gasteiger partial charge in [-0.15, -0.1) is 23.1 Å². The Bertz CT molecular complexity index is 453. The van der Waals surface area contributed by atoms with E-state index in [2.05, 4.69) is 41.5 Å². The van der Waals surface area contributed by atoms with Gasteiger partial charge >= 0.3 is 0 Å². The van der Waals surface area contributed by atoms with Crippen LogP contribution in [0.25, 0.3) is 4.83 Å². The third kappa shape index (κ3) is 1.64. The first-order valence-corrected chi connectivity index (χ1v) is 10.1.